The van der Waals surface area contributed by atoms with Crippen molar-refractivity contribution in [2.75, 3.05) is 6.61 Å². The maximum Gasteiger partial charge on any atom is 0.316 e. The Bertz CT molecular complexity index is 57.2. The molecule has 0 aliphatic carbocycles. The zero-order valence-electron chi connectivity index (χ0n) is 6.56. The van der Waals surface area contributed by atoms with E-state index in [1.54, 1.807) is 0 Å². The van der Waals surface area contributed by atoms with E-state index in [2.05, 4.69) is 13.8 Å². The summed E-state index contributed by atoms with van der Waals surface area (Å²) in [6.07, 6.45) is 4.71. The van der Waals surface area contributed by atoms with Crippen LogP contribution in [0.2, 0.25) is 0 Å². The predicted molar refractivity (Wildman–Crippen MR) is 48.9 cm³/mol. The summed E-state index contributed by atoms with van der Waals surface area (Å²) in [5, 5.41) is 8.45. The number of rotatable bonds is 5. The molecule has 0 heterocycles. The van der Waals surface area contributed by atoms with Gasteiger partial charge in [-0.15, -0.1) is 0 Å². The minimum absolute atomic E-state index is 0. The summed E-state index contributed by atoms with van der Waals surface area (Å²) < 4.78 is 0. The minimum atomic E-state index is 0. The van der Waals surface area contributed by atoms with Gasteiger partial charge in [-0.3, -0.25) is 0 Å². The Labute approximate surface area is 80.4 Å². The highest BCUT2D eigenvalue weighted by molar-refractivity contribution is 5.75. The first-order valence-electron chi connectivity index (χ1n) is 3.92. The molecular weight excluding hydrogens is 136 g/mol. The van der Waals surface area contributed by atoms with Crippen LogP contribution in [0, 0.1) is 5.92 Å². The van der Waals surface area contributed by atoms with Crippen LogP contribution in [0.1, 0.15) is 39.5 Å². The van der Waals surface area contributed by atoms with Crippen molar-refractivity contribution in [1.82, 2.24) is 0 Å². The van der Waals surface area contributed by atoms with Crippen molar-refractivity contribution < 1.29 is 5.11 Å². The van der Waals surface area contributed by atoms with Gasteiger partial charge >= 0.3 is 23.1 Å². The monoisotopic (exact) mass is 156 g/mol. The Hall–Kier alpha value is 0.726. The highest BCUT2D eigenvalue weighted by Crippen LogP contribution is 2.09. The van der Waals surface area contributed by atoms with Gasteiger partial charge in [-0.25, -0.2) is 0 Å². The summed E-state index contributed by atoms with van der Waals surface area (Å²) in [4.78, 5) is 0. The first-order chi connectivity index (χ1) is 4.31. The van der Waals surface area contributed by atoms with Crippen LogP contribution < -0.4 is 0 Å². The molecule has 1 N–H and O–H groups in total. The fourth-order valence-electron chi connectivity index (χ4n) is 0.809. The Morgan fingerprint density at radius 3 is 2.30 bits per heavy atom. The predicted octanol–water partition coefficient (Wildman–Crippen LogP) is 1.28. The molecule has 0 aliphatic rings. The number of hydrogen-bond acceptors (Lipinski definition) is 1. The van der Waals surface area contributed by atoms with Crippen molar-refractivity contribution in [2.24, 2.45) is 5.92 Å². The van der Waals surface area contributed by atoms with Gasteiger partial charge in [0, 0.05) is 6.61 Å². The molecule has 1 atom stereocenters. The Balaban J connectivity index is 0. The second kappa shape index (κ2) is 9.73. The van der Waals surface area contributed by atoms with E-state index in [9.17, 15) is 0 Å². The zero-order valence-corrected chi connectivity index (χ0v) is 6.56. The van der Waals surface area contributed by atoms with E-state index in [0.717, 1.165) is 12.3 Å². The van der Waals surface area contributed by atoms with Crippen molar-refractivity contribution >= 4 is 23.1 Å². The Morgan fingerprint density at radius 1 is 1.30 bits per heavy atom. The second-order valence-electron chi connectivity index (χ2n) is 2.73. The van der Waals surface area contributed by atoms with Gasteiger partial charge in [-0.2, -0.15) is 0 Å². The van der Waals surface area contributed by atoms with E-state index in [-0.39, 0.29) is 23.1 Å². The van der Waals surface area contributed by atoms with E-state index in [0.29, 0.717) is 6.61 Å². The lowest BCUT2D eigenvalue weighted by Crippen LogP contribution is -1.92. The molecule has 0 rings (SSSR count). The van der Waals surface area contributed by atoms with Crippen LogP contribution in [0.15, 0.2) is 0 Å². The largest absolute Gasteiger partial charge is 0.396 e. The maximum absolute atomic E-state index is 8.45. The van der Waals surface area contributed by atoms with Gasteiger partial charge in [0.2, 0.25) is 0 Å². The van der Waals surface area contributed by atoms with Gasteiger partial charge in [-0.05, 0) is 12.3 Å². The topological polar surface area (TPSA) is 20.2 Å². The van der Waals surface area contributed by atoms with Gasteiger partial charge in [0.25, 0.3) is 0 Å². The van der Waals surface area contributed by atoms with Gasteiger partial charge in [0.1, 0.15) is 0 Å². The van der Waals surface area contributed by atoms with Crippen LogP contribution in [-0.2, 0) is 0 Å². The van der Waals surface area contributed by atoms with Gasteiger partial charge in [-0.1, -0.05) is 33.1 Å². The standard InChI is InChI=1S/C8H18O.Mg.2H/c1-3-8(2)6-4-5-7-9;;;/h8-9H,3-7H2,1-2H3;;;. The lowest BCUT2D eigenvalue weighted by atomic mass is 10.0. The van der Waals surface area contributed by atoms with E-state index < -0.39 is 0 Å². The quantitative estimate of drug-likeness (QED) is 0.470. The molecular formula is C8H20MgO. The third-order valence-corrected chi connectivity index (χ3v) is 1.80. The summed E-state index contributed by atoms with van der Waals surface area (Å²) >= 11 is 0. The Kier molecular flexibility index (Phi) is 13.0. The molecule has 2 heteroatoms. The summed E-state index contributed by atoms with van der Waals surface area (Å²) in [6, 6.07) is 0. The lowest BCUT2D eigenvalue weighted by Gasteiger charge is -2.05. The third-order valence-electron chi connectivity index (χ3n) is 1.80. The van der Waals surface area contributed by atoms with Crippen LogP contribution in [0.25, 0.3) is 0 Å². The molecule has 60 valence electrons. The molecule has 0 saturated carbocycles. The molecule has 0 aromatic carbocycles. The molecule has 0 spiro atoms. The molecule has 1 nitrogen and oxygen atoms in total. The highest BCUT2D eigenvalue weighted by Gasteiger charge is 1.96. The molecule has 0 amide bonds. The van der Waals surface area contributed by atoms with Crippen LogP contribution >= 0.6 is 0 Å². The molecule has 10 heavy (non-hydrogen) atoms. The zero-order chi connectivity index (χ0) is 7.11. The number of hydrogen-bond donors (Lipinski definition) is 1. The number of aliphatic hydroxyl groups is 1. The van der Waals surface area contributed by atoms with Crippen LogP contribution in [-0.4, -0.2) is 34.8 Å². The van der Waals surface area contributed by atoms with Gasteiger partial charge in [0.05, 0.1) is 0 Å². The smallest absolute Gasteiger partial charge is 0.316 e. The van der Waals surface area contributed by atoms with Crippen molar-refractivity contribution in [3.63, 3.8) is 0 Å². The van der Waals surface area contributed by atoms with E-state index in [4.69, 9.17) is 5.11 Å². The first kappa shape index (κ1) is 13.3. The summed E-state index contributed by atoms with van der Waals surface area (Å²) in [6.45, 7) is 4.83. The molecule has 0 saturated heterocycles. The highest BCUT2D eigenvalue weighted by atomic mass is 24.3. The van der Waals surface area contributed by atoms with Crippen molar-refractivity contribution in [1.29, 1.82) is 0 Å². The van der Waals surface area contributed by atoms with Gasteiger partial charge in [0.15, 0.2) is 0 Å². The van der Waals surface area contributed by atoms with Crippen LogP contribution in [0.4, 0.5) is 0 Å². The summed E-state index contributed by atoms with van der Waals surface area (Å²) in [5.74, 6) is 0.844. The number of unbranched alkanes of at least 4 members (excludes halogenated alkanes) is 1. The average Bonchev–Trinajstić information content (AvgIpc) is 1.89. The molecule has 0 radical (unpaired) electrons. The average molecular weight is 157 g/mol. The molecule has 0 aliphatic heterocycles. The van der Waals surface area contributed by atoms with E-state index >= 15 is 0 Å². The molecule has 0 aromatic rings. The first-order valence-corrected chi connectivity index (χ1v) is 3.92. The Morgan fingerprint density at radius 2 is 1.90 bits per heavy atom. The van der Waals surface area contributed by atoms with E-state index in [1.165, 1.54) is 19.3 Å². The molecule has 0 fully saturated rings. The normalized spacial score (nSPS) is 12.3. The minimum Gasteiger partial charge on any atom is -0.396 e. The van der Waals surface area contributed by atoms with Crippen molar-refractivity contribution in [3.8, 4) is 0 Å². The third kappa shape index (κ3) is 8.73. The molecule has 0 aromatic heterocycles. The fraction of sp³-hybridized carbons (Fsp3) is 1.00. The molecule has 1 unspecified atom stereocenters. The van der Waals surface area contributed by atoms with Gasteiger partial charge < -0.3 is 5.11 Å². The van der Waals surface area contributed by atoms with E-state index in [1.807, 2.05) is 0 Å². The lowest BCUT2D eigenvalue weighted by molar-refractivity contribution is 0.278. The SMILES string of the molecule is CCC(C)CCCCO.[MgH2]. The van der Waals surface area contributed by atoms with Crippen molar-refractivity contribution in [3.05, 3.63) is 0 Å². The van der Waals surface area contributed by atoms with Crippen molar-refractivity contribution in [2.45, 2.75) is 39.5 Å². The second-order valence-corrected chi connectivity index (χ2v) is 2.73. The molecule has 0 bridgehead atoms. The fourth-order valence-corrected chi connectivity index (χ4v) is 0.809. The maximum atomic E-state index is 8.45. The summed E-state index contributed by atoms with van der Waals surface area (Å²) in [7, 11) is 0. The van der Waals surface area contributed by atoms with Crippen LogP contribution in [0.5, 0.6) is 0 Å². The summed E-state index contributed by atoms with van der Waals surface area (Å²) in [5.41, 5.74) is 0. The van der Waals surface area contributed by atoms with Crippen LogP contribution in [0.3, 0.4) is 0 Å². The number of aliphatic hydroxyl groups excluding tert-OH is 1.